The number of amides is 1. The summed E-state index contributed by atoms with van der Waals surface area (Å²) in [6, 6.07) is 2.64. The molecule has 12 heteroatoms. The first-order valence-electron chi connectivity index (χ1n) is 9.49. The monoisotopic (exact) mass is 450 g/mol. The first-order valence-corrected chi connectivity index (χ1v) is 9.49. The zero-order valence-electron chi connectivity index (χ0n) is 16.0. The molecule has 7 nitrogen and oxygen atoms in total. The van der Waals surface area contributed by atoms with E-state index in [1.54, 1.807) is 0 Å². The molecule has 0 spiro atoms. The van der Waals surface area contributed by atoms with Crippen LogP contribution in [0.1, 0.15) is 16.1 Å². The predicted molar refractivity (Wildman–Crippen MR) is 97.3 cm³/mol. The third kappa shape index (κ3) is 4.19. The van der Waals surface area contributed by atoms with E-state index in [0.717, 1.165) is 23.1 Å². The number of anilines is 1. The second-order valence-corrected chi connectivity index (χ2v) is 7.39. The molecule has 1 saturated heterocycles. The number of aliphatic hydroxyl groups is 1. The highest BCUT2D eigenvalue weighted by molar-refractivity contribution is 6.07. The standard InChI is InChI=1S/C19H19F5N2O5/c20-18(21,14-8-29-11(6-27)7-30-14)9-26-4-3-25-17(28)16-15(26)12-5-10(19(22,23)24)1-2-13(12)31-16/h1-2,5,11,14,27H,3-4,6-9H2,(H,25,28)/t11-,14+/m0/s1. The molecule has 170 valence electrons. The fourth-order valence-electron chi connectivity index (χ4n) is 3.63. The van der Waals surface area contributed by atoms with Crippen LogP contribution in [0.25, 0.3) is 11.0 Å². The number of halogens is 5. The number of benzene rings is 1. The highest BCUT2D eigenvalue weighted by Gasteiger charge is 2.46. The molecule has 2 aliphatic heterocycles. The van der Waals surface area contributed by atoms with Crippen molar-refractivity contribution in [1.82, 2.24) is 5.32 Å². The Bertz CT molecular complexity index is 968. The second-order valence-electron chi connectivity index (χ2n) is 7.39. The smallest absolute Gasteiger partial charge is 0.416 e. The minimum atomic E-state index is -4.66. The summed E-state index contributed by atoms with van der Waals surface area (Å²) in [6.07, 6.45) is -6.97. The summed E-state index contributed by atoms with van der Waals surface area (Å²) in [6.45, 7) is -2.06. The molecule has 31 heavy (non-hydrogen) atoms. The number of fused-ring (bicyclic) bond motifs is 3. The summed E-state index contributed by atoms with van der Waals surface area (Å²) >= 11 is 0. The zero-order valence-corrected chi connectivity index (χ0v) is 16.0. The van der Waals surface area contributed by atoms with Gasteiger partial charge in [-0.1, -0.05) is 0 Å². The van der Waals surface area contributed by atoms with Gasteiger partial charge < -0.3 is 29.2 Å². The van der Waals surface area contributed by atoms with Crippen LogP contribution in [0.3, 0.4) is 0 Å². The summed E-state index contributed by atoms with van der Waals surface area (Å²) in [4.78, 5) is 13.5. The van der Waals surface area contributed by atoms with Crippen molar-refractivity contribution in [2.24, 2.45) is 0 Å². The largest absolute Gasteiger partial charge is 0.449 e. The van der Waals surface area contributed by atoms with Gasteiger partial charge >= 0.3 is 6.18 Å². The van der Waals surface area contributed by atoms with E-state index in [1.165, 1.54) is 0 Å². The molecule has 1 amide bonds. The Morgan fingerprint density at radius 2 is 1.94 bits per heavy atom. The van der Waals surface area contributed by atoms with E-state index in [0.29, 0.717) is 0 Å². The molecular formula is C19H19F5N2O5. The van der Waals surface area contributed by atoms with Crippen molar-refractivity contribution in [1.29, 1.82) is 0 Å². The lowest BCUT2D eigenvalue weighted by atomic mass is 10.1. The molecule has 2 aromatic rings. The van der Waals surface area contributed by atoms with Crippen LogP contribution in [-0.2, 0) is 15.7 Å². The van der Waals surface area contributed by atoms with Gasteiger partial charge in [0.15, 0.2) is 0 Å². The molecule has 1 aromatic carbocycles. The third-order valence-electron chi connectivity index (χ3n) is 5.22. The van der Waals surface area contributed by atoms with Gasteiger partial charge in [0.25, 0.3) is 11.8 Å². The maximum atomic E-state index is 15.0. The van der Waals surface area contributed by atoms with Gasteiger partial charge in [-0.05, 0) is 18.2 Å². The van der Waals surface area contributed by atoms with Gasteiger partial charge in [0, 0.05) is 18.5 Å². The number of hydrogen-bond donors (Lipinski definition) is 2. The quantitative estimate of drug-likeness (QED) is 0.697. The number of nitrogens with zero attached hydrogens (tertiary/aromatic N) is 1. The lowest BCUT2D eigenvalue weighted by molar-refractivity contribution is -0.216. The first kappa shape index (κ1) is 21.8. The number of nitrogens with one attached hydrogen (secondary N) is 1. The Balaban J connectivity index is 1.69. The van der Waals surface area contributed by atoms with Crippen LogP contribution in [-0.4, -0.2) is 68.6 Å². The van der Waals surface area contributed by atoms with Crippen LogP contribution >= 0.6 is 0 Å². The van der Waals surface area contributed by atoms with Crippen molar-refractivity contribution in [2.75, 3.05) is 44.4 Å². The summed E-state index contributed by atoms with van der Waals surface area (Å²) in [5.74, 6) is -4.49. The van der Waals surface area contributed by atoms with E-state index < -0.39 is 48.9 Å². The number of alkyl halides is 5. The highest BCUT2D eigenvalue weighted by Crippen LogP contribution is 2.40. The van der Waals surface area contributed by atoms with Crippen molar-refractivity contribution in [2.45, 2.75) is 24.3 Å². The molecule has 0 radical (unpaired) electrons. The van der Waals surface area contributed by atoms with Gasteiger partial charge in [-0.3, -0.25) is 4.79 Å². The molecule has 2 N–H and O–H groups in total. The van der Waals surface area contributed by atoms with E-state index in [1.807, 2.05) is 0 Å². The fraction of sp³-hybridized carbons (Fsp3) is 0.526. The maximum absolute atomic E-state index is 15.0. The average molecular weight is 450 g/mol. The van der Waals surface area contributed by atoms with Crippen molar-refractivity contribution in [3.05, 3.63) is 29.5 Å². The lowest BCUT2D eigenvalue weighted by Gasteiger charge is -2.36. The number of carbonyl (C=O) groups is 1. The van der Waals surface area contributed by atoms with Gasteiger partial charge in [-0.2, -0.15) is 13.2 Å². The van der Waals surface area contributed by atoms with Gasteiger partial charge in [-0.15, -0.1) is 0 Å². The van der Waals surface area contributed by atoms with E-state index in [4.69, 9.17) is 19.0 Å². The van der Waals surface area contributed by atoms with Gasteiger partial charge in [0.1, 0.15) is 17.8 Å². The highest BCUT2D eigenvalue weighted by atomic mass is 19.4. The number of hydrogen-bond acceptors (Lipinski definition) is 6. The number of rotatable bonds is 4. The molecule has 4 rings (SSSR count). The molecule has 1 aromatic heterocycles. The predicted octanol–water partition coefficient (Wildman–Crippen LogP) is 2.41. The average Bonchev–Trinajstić information content (AvgIpc) is 3.04. The second kappa shape index (κ2) is 7.92. The Morgan fingerprint density at radius 1 is 1.16 bits per heavy atom. The normalized spacial score (nSPS) is 22.9. The molecule has 0 unspecified atom stereocenters. The van der Waals surface area contributed by atoms with Gasteiger partial charge in [0.05, 0.1) is 37.6 Å². The summed E-state index contributed by atoms with van der Waals surface area (Å²) in [5, 5.41) is 11.4. The van der Waals surface area contributed by atoms with Crippen LogP contribution in [0.4, 0.5) is 27.6 Å². The van der Waals surface area contributed by atoms with Crippen LogP contribution in [0.5, 0.6) is 0 Å². The van der Waals surface area contributed by atoms with Crippen molar-refractivity contribution >= 4 is 22.6 Å². The Labute approximate surface area is 172 Å². The van der Waals surface area contributed by atoms with E-state index in [9.17, 15) is 26.7 Å². The van der Waals surface area contributed by atoms with Crippen LogP contribution < -0.4 is 10.2 Å². The Hall–Kier alpha value is -2.44. The van der Waals surface area contributed by atoms with Crippen LogP contribution in [0.2, 0.25) is 0 Å². The summed E-state index contributed by atoms with van der Waals surface area (Å²) in [5.41, 5.74) is -1.13. The van der Waals surface area contributed by atoms with Crippen molar-refractivity contribution in [3.8, 4) is 0 Å². The Kier molecular flexibility index (Phi) is 5.56. The number of aliphatic hydroxyl groups excluding tert-OH is 1. The van der Waals surface area contributed by atoms with Gasteiger partial charge in [0.2, 0.25) is 5.76 Å². The number of furan rings is 1. The molecule has 2 aliphatic rings. The van der Waals surface area contributed by atoms with Crippen molar-refractivity contribution < 1.29 is 45.7 Å². The zero-order chi connectivity index (χ0) is 22.4. The van der Waals surface area contributed by atoms with E-state index in [-0.39, 0.29) is 48.7 Å². The maximum Gasteiger partial charge on any atom is 0.416 e. The lowest BCUT2D eigenvalue weighted by Crippen LogP contribution is -2.52. The van der Waals surface area contributed by atoms with Crippen molar-refractivity contribution in [3.63, 3.8) is 0 Å². The minimum absolute atomic E-state index is 0.00578. The van der Waals surface area contributed by atoms with Crippen LogP contribution in [0, 0.1) is 0 Å². The summed E-state index contributed by atoms with van der Waals surface area (Å²) < 4.78 is 85.3. The summed E-state index contributed by atoms with van der Waals surface area (Å²) in [7, 11) is 0. The molecular weight excluding hydrogens is 431 g/mol. The minimum Gasteiger partial charge on any atom is -0.449 e. The number of ether oxygens (including phenoxy) is 2. The van der Waals surface area contributed by atoms with E-state index in [2.05, 4.69) is 5.32 Å². The molecule has 0 aliphatic carbocycles. The molecule has 0 bridgehead atoms. The molecule has 0 saturated carbocycles. The van der Waals surface area contributed by atoms with Crippen LogP contribution in [0.15, 0.2) is 22.6 Å². The molecule has 1 fully saturated rings. The first-order chi connectivity index (χ1) is 14.6. The molecule has 2 atom stereocenters. The topological polar surface area (TPSA) is 84.2 Å². The van der Waals surface area contributed by atoms with E-state index >= 15 is 0 Å². The van der Waals surface area contributed by atoms with Gasteiger partial charge in [-0.25, -0.2) is 8.78 Å². The molecule has 3 heterocycles. The SMILES string of the molecule is O=C1NCCN(CC(F)(F)[C@H]2CO[C@@H](CO)CO2)c2c1oc1ccc(C(F)(F)F)cc21. The number of carbonyl (C=O) groups excluding carboxylic acids is 1. The third-order valence-corrected chi connectivity index (χ3v) is 5.22. The Morgan fingerprint density at radius 3 is 2.58 bits per heavy atom. The fourth-order valence-corrected chi connectivity index (χ4v) is 3.63.